The molecule has 0 amide bonds. The van der Waals surface area contributed by atoms with Crippen molar-refractivity contribution in [2.24, 2.45) is 5.73 Å². The fourth-order valence-corrected chi connectivity index (χ4v) is 2.21. The van der Waals surface area contributed by atoms with Crippen LogP contribution in [0.15, 0.2) is 22.7 Å². The van der Waals surface area contributed by atoms with Crippen LogP contribution in [0.4, 0.5) is 0 Å². The van der Waals surface area contributed by atoms with Gasteiger partial charge >= 0.3 is 0 Å². The first-order chi connectivity index (χ1) is 7.68. The Morgan fingerprint density at radius 3 is 3.00 bits per heavy atom. The maximum atomic E-state index is 7.53. The molecule has 0 aliphatic carbocycles. The van der Waals surface area contributed by atoms with E-state index in [1.54, 1.807) is 0 Å². The van der Waals surface area contributed by atoms with Crippen LogP contribution in [0.25, 0.3) is 0 Å². The Balaban J connectivity index is 2.25. The highest BCUT2D eigenvalue weighted by Crippen LogP contribution is 2.28. The summed E-state index contributed by atoms with van der Waals surface area (Å²) in [5.41, 5.74) is 6.14. The van der Waals surface area contributed by atoms with Gasteiger partial charge in [0, 0.05) is 10.9 Å². The van der Waals surface area contributed by atoms with E-state index in [0.717, 1.165) is 17.5 Å². The Morgan fingerprint density at radius 1 is 1.56 bits per heavy atom. The zero-order valence-electron chi connectivity index (χ0n) is 8.70. The lowest BCUT2D eigenvalue weighted by atomic mass is 10.2. The maximum Gasteiger partial charge on any atom is 0.131 e. The van der Waals surface area contributed by atoms with Crippen molar-refractivity contribution < 1.29 is 9.47 Å². The Bertz CT molecular complexity index is 403. The maximum absolute atomic E-state index is 7.53. The molecule has 2 rings (SSSR count). The molecule has 1 unspecified atom stereocenters. The molecule has 1 aliphatic rings. The van der Waals surface area contributed by atoms with E-state index in [4.69, 9.17) is 20.6 Å². The molecule has 1 fully saturated rings. The van der Waals surface area contributed by atoms with Crippen molar-refractivity contribution in [2.75, 3.05) is 13.2 Å². The SMILES string of the molecule is N=C(N)c1c(Br)cccc1OC1CCOC1. The van der Waals surface area contributed by atoms with Gasteiger partial charge in [-0.05, 0) is 28.1 Å². The zero-order chi connectivity index (χ0) is 11.5. The first-order valence-corrected chi connectivity index (χ1v) is 5.85. The lowest BCUT2D eigenvalue weighted by molar-refractivity contribution is 0.141. The number of nitrogens with one attached hydrogen (secondary N) is 1. The van der Waals surface area contributed by atoms with Crippen molar-refractivity contribution in [1.29, 1.82) is 5.41 Å². The summed E-state index contributed by atoms with van der Waals surface area (Å²) >= 11 is 3.37. The molecule has 1 heterocycles. The van der Waals surface area contributed by atoms with Crippen LogP contribution in [-0.2, 0) is 4.74 Å². The summed E-state index contributed by atoms with van der Waals surface area (Å²) in [5, 5.41) is 7.53. The predicted octanol–water partition coefficient (Wildman–Crippen LogP) is 1.90. The van der Waals surface area contributed by atoms with E-state index in [1.807, 2.05) is 18.2 Å². The number of hydrogen-bond acceptors (Lipinski definition) is 3. The molecular formula is C11H13BrN2O2. The first-order valence-electron chi connectivity index (χ1n) is 5.06. The lowest BCUT2D eigenvalue weighted by Gasteiger charge is -2.15. The Hall–Kier alpha value is -1.07. The smallest absolute Gasteiger partial charge is 0.131 e. The number of nitrogens with two attached hydrogens (primary N) is 1. The van der Waals surface area contributed by atoms with Crippen LogP contribution in [0.3, 0.4) is 0 Å². The fourth-order valence-electron chi connectivity index (χ4n) is 1.65. The van der Waals surface area contributed by atoms with Crippen molar-refractivity contribution in [1.82, 2.24) is 0 Å². The first kappa shape index (κ1) is 11.4. The second kappa shape index (κ2) is 4.84. The van der Waals surface area contributed by atoms with Gasteiger partial charge in [0.1, 0.15) is 17.7 Å². The van der Waals surface area contributed by atoms with Gasteiger partial charge in [-0.2, -0.15) is 0 Å². The molecule has 0 spiro atoms. The Labute approximate surface area is 102 Å². The van der Waals surface area contributed by atoms with Crippen molar-refractivity contribution in [2.45, 2.75) is 12.5 Å². The molecule has 1 saturated heterocycles. The summed E-state index contributed by atoms with van der Waals surface area (Å²) in [7, 11) is 0. The van der Waals surface area contributed by atoms with Gasteiger partial charge in [-0.15, -0.1) is 0 Å². The highest BCUT2D eigenvalue weighted by atomic mass is 79.9. The monoisotopic (exact) mass is 284 g/mol. The van der Waals surface area contributed by atoms with Crippen LogP contribution in [0.2, 0.25) is 0 Å². The molecule has 0 bridgehead atoms. The molecule has 1 aromatic carbocycles. The van der Waals surface area contributed by atoms with E-state index < -0.39 is 0 Å². The third kappa shape index (κ3) is 2.36. The second-order valence-corrected chi connectivity index (χ2v) is 4.48. The van der Waals surface area contributed by atoms with E-state index in [1.165, 1.54) is 0 Å². The molecule has 0 radical (unpaired) electrons. The number of rotatable bonds is 3. The molecule has 0 saturated carbocycles. The number of amidine groups is 1. The largest absolute Gasteiger partial charge is 0.487 e. The predicted molar refractivity (Wildman–Crippen MR) is 65.0 cm³/mol. The number of hydrogen-bond donors (Lipinski definition) is 2. The average Bonchev–Trinajstić information content (AvgIpc) is 2.70. The Kier molecular flexibility index (Phi) is 3.46. The van der Waals surface area contributed by atoms with Gasteiger partial charge in [-0.3, -0.25) is 5.41 Å². The summed E-state index contributed by atoms with van der Waals surface area (Å²) in [6, 6.07) is 5.52. The minimum Gasteiger partial charge on any atom is -0.487 e. The van der Waals surface area contributed by atoms with Crippen LogP contribution < -0.4 is 10.5 Å². The Morgan fingerprint density at radius 2 is 2.38 bits per heavy atom. The summed E-state index contributed by atoms with van der Waals surface area (Å²) < 4.78 is 11.8. The van der Waals surface area contributed by atoms with Gasteiger partial charge in [0.25, 0.3) is 0 Å². The van der Waals surface area contributed by atoms with E-state index in [9.17, 15) is 0 Å². The van der Waals surface area contributed by atoms with Crippen molar-refractivity contribution in [3.63, 3.8) is 0 Å². The normalized spacial score (nSPS) is 19.7. The molecule has 16 heavy (non-hydrogen) atoms. The highest BCUT2D eigenvalue weighted by molar-refractivity contribution is 9.10. The minimum atomic E-state index is 0.00129. The number of benzene rings is 1. The van der Waals surface area contributed by atoms with Crippen molar-refractivity contribution >= 4 is 21.8 Å². The number of nitrogen functional groups attached to an aromatic ring is 1. The molecule has 1 aromatic rings. The molecule has 1 aliphatic heterocycles. The number of halogens is 1. The summed E-state index contributed by atoms with van der Waals surface area (Å²) in [6.45, 7) is 1.33. The molecule has 3 N–H and O–H groups in total. The summed E-state index contributed by atoms with van der Waals surface area (Å²) in [4.78, 5) is 0. The van der Waals surface area contributed by atoms with E-state index in [-0.39, 0.29) is 11.9 Å². The van der Waals surface area contributed by atoms with Gasteiger partial charge < -0.3 is 15.2 Å². The highest BCUT2D eigenvalue weighted by Gasteiger charge is 2.20. The zero-order valence-corrected chi connectivity index (χ0v) is 10.3. The van der Waals surface area contributed by atoms with Crippen molar-refractivity contribution in [3.8, 4) is 5.75 Å². The molecule has 1 atom stereocenters. The van der Waals surface area contributed by atoms with E-state index in [0.29, 0.717) is 17.9 Å². The topological polar surface area (TPSA) is 68.3 Å². The van der Waals surface area contributed by atoms with Crippen LogP contribution in [0.1, 0.15) is 12.0 Å². The third-order valence-corrected chi connectivity index (χ3v) is 3.09. The quantitative estimate of drug-likeness (QED) is 0.658. The van der Waals surface area contributed by atoms with Gasteiger partial charge in [-0.1, -0.05) is 6.07 Å². The fraction of sp³-hybridized carbons (Fsp3) is 0.364. The molecule has 5 heteroatoms. The second-order valence-electron chi connectivity index (χ2n) is 3.63. The van der Waals surface area contributed by atoms with Gasteiger partial charge in [-0.25, -0.2) is 0 Å². The molecule has 4 nitrogen and oxygen atoms in total. The lowest BCUT2D eigenvalue weighted by Crippen LogP contribution is -2.20. The van der Waals surface area contributed by atoms with Crippen LogP contribution >= 0.6 is 15.9 Å². The van der Waals surface area contributed by atoms with Gasteiger partial charge in [0.15, 0.2) is 0 Å². The van der Waals surface area contributed by atoms with E-state index in [2.05, 4.69) is 15.9 Å². The van der Waals surface area contributed by atoms with Gasteiger partial charge in [0.2, 0.25) is 0 Å². The summed E-state index contributed by atoms with van der Waals surface area (Å²) in [6.07, 6.45) is 0.941. The van der Waals surface area contributed by atoms with Crippen LogP contribution in [0, 0.1) is 5.41 Å². The minimum absolute atomic E-state index is 0.00129. The third-order valence-electron chi connectivity index (χ3n) is 2.43. The molecular weight excluding hydrogens is 272 g/mol. The summed E-state index contributed by atoms with van der Waals surface area (Å²) in [5.74, 6) is 0.638. The van der Waals surface area contributed by atoms with Crippen molar-refractivity contribution in [3.05, 3.63) is 28.2 Å². The van der Waals surface area contributed by atoms with Crippen LogP contribution in [0.5, 0.6) is 5.75 Å². The average molecular weight is 285 g/mol. The standard InChI is InChI=1S/C11H13BrN2O2/c12-8-2-1-3-9(10(8)11(13)14)16-7-4-5-15-6-7/h1-3,7H,4-6H2,(H3,13,14). The van der Waals surface area contributed by atoms with Crippen LogP contribution in [-0.4, -0.2) is 25.2 Å². The molecule has 0 aromatic heterocycles. The van der Waals surface area contributed by atoms with Gasteiger partial charge in [0.05, 0.1) is 18.8 Å². The molecule has 86 valence electrons. The number of ether oxygens (including phenoxy) is 2. The van der Waals surface area contributed by atoms with E-state index >= 15 is 0 Å².